The number of fused-ring (bicyclic) bond motifs is 1. The predicted molar refractivity (Wildman–Crippen MR) is 133 cm³/mol. The van der Waals surface area contributed by atoms with Crippen LogP contribution in [0.2, 0.25) is 0 Å². The molecule has 12 heteroatoms. The Bertz CT molecular complexity index is 1320. The normalized spacial score (nSPS) is 17.7. The minimum absolute atomic E-state index is 0.0166. The van der Waals surface area contributed by atoms with Crippen LogP contribution in [0, 0.1) is 16.7 Å². The van der Waals surface area contributed by atoms with E-state index >= 15 is 0 Å². The second kappa shape index (κ2) is 10.2. The standard InChI is InChI=1S/C25H30N8O4/c1-15(12-34)29-22(35)21-30-23(32-24(31-21)37-14-25(13-26)6-7-25)33-9-4-16(5-10-33)17-11-28-20-19(17)18(36-2)3-8-27-20/h3,8,11,15-16,34H,4-7,9-10,12,14H2,1-2H3,(H,27,28)(H,29,35)/t15-/m1/s1. The number of nitrogens with one attached hydrogen (secondary N) is 2. The van der Waals surface area contributed by atoms with E-state index < -0.39 is 17.4 Å². The molecule has 12 nitrogen and oxygen atoms in total. The molecule has 3 aromatic heterocycles. The number of methoxy groups -OCH3 is 1. The van der Waals surface area contributed by atoms with Crippen molar-refractivity contribution >= 4 is 22.9 Å². The molecule has 0 radical (unpaired) electrons. The quantitative estimate of drug-likeness (QED) is 0.391. The highest BCUT2D eigenvalue weighted by Gasteiger charge is 2.44. The maximum Gasteiger partial charge on any atom is 0.322 e. The second-order valence-corrected chi connectivity index (χ2v) is 9.72. The molecule has 5 rings (SSSR count). The Labute approximate surface area is 214 Å². The predicted octanol–water partition coefficient (Wildman–Crippen LogP) is 1.93. The number of carbonyl (C=O) groups excluding carboxylic acids is 1. The van der Waals surface area contributed by atoms with Crippen LogP contribution in [-0.4, -0.2) is 75.4 Å². The van der Waals surface area contributed by atoms with Crippen molar-refractivity contribution in [2.75, 3.05) is 38.3 Å². The number of carbonyl (C=O) groups is 1. The molecule has 1 atom stereocenters. The van der Waals surface area contributed by atoms with Crippen LogP contribution in [-0.2, 0) is 0 Å². The highest BCUT2D eigenvalue weighted by molar-refractivity contribution is 5.91. The molecule has 0 spiro atoms. The van der Waals surface area contributed by atoms with Crippen LogP contribution in [0.4, 0.5) is 5.95 Å². The smallest absolute Gasteiger partial charge is 0.322 e. The molecule has 4 heterocycles. The van der Waals surface area contributed by atoms with Crippen molar-refractivity contribution in [3.8, 4) is 17.8 Å². The van der Waals surface area contributed by atoms with Crippen LogP contribution in [0.15, 0.2) is 18.5 Å². The number of H-pyrrole nitrogens is 1. The number of hydrogen-bond donors (Lipinski definition) is 3. The number of nitrogens with zero attached hydrogens (tertiary/aromatic N) is 6. The minimum atomic E-state index is -0.523. The van der Waals surface area contributed by atoms with E-state index in [1.54, 1.807) is 20.2 Å². The van der Waals surface area contributed by atoms with Crippen LogP contribution in [0.25, 0.3) is 11.0 Å². The third kappa shape index (κ3) is 5.13. The van der Waals surface area contributed by atoms with Crippen molar-refractivity contribution in [3.05, 3.63) is 29.8 Å². The summed E-state index contributed by atoms with van der Waals surface area (Å²) in [6.07, 6.45) is 6.94. The Morgan fingerprint density at radius 2 is 2.14 bits per heavy atom. The van der Waals surface area contributed by atoms with Gasteiger partial charge in [0.2, 0.25) is 11.8 Å². The maximum absolute atomic E-state index is 12.7. The van der Waals surface area contributed by atoms with Gasteiger partial charge in [-0.2, -0.15) is 20.2 Å². The lowest BCUT2D eigenvalue weighted by Crippen LogP contribution is -2.38. The molecule has 0 aromatic carbocycles. The fraction of sp³-hybridized carbons (Fsp3) is 0.520. The maximum atomic E-state index is 12.7. The summed E-state index contributed by atoms with van der Waals surface area (Å²) >= 11 is 0. The van der Waals surface area contributed by atoms with Crippen molar-refractivity contribution in [2.45, 2.75) is 44.6 Å². The fourth-order valence-electron chi connectivity index (χ4n) is 4.56. The molecule has 3 aromatic rings. The number of pyridine rings is 1. The Kier molecular flexibility index (Phi) is 6.80. The van der Waals surface area contributed by atoms with Crippen LogP contribution in [0.1, 0.15) is 54.7 Å². The van der Waals surface area contributed by atoms with Crippen LogP contribution in [0.3, 0.4) is 0 Å². The summed E-state index contributed by atoms with van der Waals surface area (Å²) in [5.41, 5.74) is 1.46. The number of piperidine rings is 1. The van der Waals surface area contributed by atoms with E-state index in [1.165, 1.54) is 5.56 Å². The molecular weight excluding hydrogens is 476 g/mol. The largest absolute Gasteiger partial charge is 0.496 e. The summed E-state index contributed by atoms with van der Waals surface area (Å²) in [6.45, 7) is 2.97. The van der Waals surface area contributed by atoms with Gasteiger partial charge in [0.05, 0.1) is 30.6 Å². The van der Waals surface area contributed by atoms with E-state index in [-0.39, 0.29) is 25.0 Å². The van der Waals surface area contributed by atoms with Crippen molar-refractivity contribution in [1.82, 2.24) is 30.2 Å². The summed E-state index contributed by atoms with van der Waals surface area (Å²) in [6, 6.07) is 3.71. The number of rotatable bonds is 9. The summed E-state index contributed by atoms with van der Waals surface area (Å²) in [5, 5.41) is 22.3. The number of hydrogen-bond acceptors (Lipinski definition) is 10. The van der Waals surface area contributed by atoms with Crippen LogP contribution >= 0.6 is 0 Å². The van der Waals surface area contributed by atoms with Crippen molar-refractivity contribution in [1.29, 1.82) is 5.26 Å². The number of aromatic amines is 1. The molecule has 2 fully saturated rings. The number of nitriles is 1. The summed E-state index contributed by atoms with van der Waals surface area (Å²) in [5.74, 6) is 0.826. The number of aliphatic hydroxyl groups is 1. The second-order valence-electron chi connectivity index (χ2n) is 9.72. The number of aromatic nitrogens is 5. The van der Waals surface area contributed by atoms with Crippen LogP contribution < -0.4 is 19.7 Å². The first-order valence-electron chi connectivity index (χ1n) is 12.4. The fourth-order valence-corrected chi connectivity index (χ4v) is 4.56. The number of aliphatic hydroxyl groups excluding tert-OH is 1. The molecule has 1 saturated heterocycles. The van der Waals surface area contributed by atoms with Crippen molar-refractivity contribution < 1.29 is 19.4 Å². The third-order valence-corrected chi connectivity index (χ3v) is 7.03. The average Bonchev–Trinajstić information content (AvgIpc) is 3.60. The van der Waals surface area contributed by atoms with E-state index in [0.717, 1.165) is 42.5 Å². The number of amides is 1. The number of anilines is 1. The molecule has 1 amide bonds. The molecule has 0 bridgehead atoms. The van der Waals surface area contributed by atoms with Gasteiger partial charge >= 0.3 is 6.01 Å². The molecule has 3 N–H and O–H groups in total. The first-order chi connectivity index (χ1) is 17.9. The minimum Gasteiger partial charge on any atom is -0.496 e. The lowest BCUT2D eigenvalue weighted by molar-refractivity contribution is 0.0909. The number of ether oxygens (including phenoxy) is 2. The van der Waals surface area contributed by atoms with Gasteiger partial charge < -0.3 is 29.8 Å². The molecule has 1 aliphatic heterocycles. The summed E-state index contributed by atoms with van der Waals surface area (Å²) in [4.78, 5) is 35.5. The lowest BCUT2D eigenvalue weighted by Gasteiger charge is -2.32. The Hall–Kier alpha value is -3.98. The highest BCUT2D eigenvalue weighted by atomic mass is 16.5. The Balaban J connectivity index is 1.35. The van der Waals surface area contributed by atoms with Gasteiger partial charge in [-0.3, -0.25) is 4.79 Å². The zero-order valence-corrected chi connectivity index (χ0v) is 20.9. The zero-order chi connectivity index (χ0) is 26.0. The van der Waals surface area contributed by atoms with E-state index in [1.807, 2.05) is 17.2 Å². The van der Waals surface area contributed by atoms with Gasteiger partial charge in [0, 0.05) is 31.5 Å². The van der Waals surface area contributed by atoms with Gasteiger partial charge in [0.1, 0.15) is 18.0 Å². The highest BCUT2D eigenvalue weighted by Crippen LogP contribution is 2.45. The SMILES string of the molecule is COc1ccnc2[nH]cc(C3CCN(c4nc(OCC5(C#N)CC5)nc(C(=O)N[C@H](C)CO)n4)CC3)c12. The monoisotopic (exact) mass is 506 g/mol. The van der Waals surface area contributed by atoms with Gasteiger partial charge in [-0.1, -0.05) is 0 Å². The zero-order valence-electron chi connectivity index (χ0n) is 20.9. The molecule has 0 unspecified atom stereocenters. The van der Waals surface area contributed by atoms with Gasteiger partial charge in [-0.15, -0.1) is 0 Å². The van der Waals surface area contributed by atoms with E-state index in [9.17, 15) is 15.2 Å². The average molecular weight is 507 g/mol. The topological polar surface area (TPSA) is 162 Å². The van der Waals surface area contributed by atoms with Crippen molar-refractivity contribution in [3.63, 3.8) is 0 Å². The molecule has 2 aliphatic rings. The molecular formula is C25H30N8O4. The van der Waals surface area contributed by atoms with Gasteiger partial charge in [0.15, 0.2) is 0 Å². The molecule has 194 valence electrons. The van der Waals surface area contributed by atoms with Gasteiger partial charge in [-0.05, 0) is 50.2 Å². The molecule has 1 aliphatic carbocycles. The van der Waals surface area contributed by atoms with E-state index in [0.29, 0.717) is 25.0 Å². The molecule has 1 saturated carbocycles. The van der Waals surface area contributed by atoms with E-state index in [2.05, 4.69) is 36.3 Å². The Morgan fingerprint density at radius 1 is 1.35 bits per heavy atom. The van der Waals surface area contributed by atoms with E-state index in [4.69, 9.17) is 9.47 Å². The summed E-state index contributed by atoms with van der Waals surface area (Å²) < 4.78 is 11.3. The first kappa shape index (κ1) is 24.7. The van der Waals surface area contributed by atoms with Crippen LogP contribution in [0.5, 0.6) is 11.8 Å². The lowest BCUT2D eigenvalue weighted by atomic mass is 9.89. The van der Waals surface area contributed by atoms with Crippen molar-refractivity contribution in [2.24, 2.45) is 5.41 Å². The van der Waals surface area contributed by atoms with Gasteiger partial charge in [0.25, 0.3) is 5.91 Å². The molecule has 37 heavy (non-hydrogen) atoms. The van der Waals surface area contributed by atoms with Gasteiger partial charge in [-0.25, -0.2) is 4.98 Å². The third-order valence-electron chi connectivity index (χ3n) is 7.03. The Morgan fingerprint density at radius 3 is 2.81 bits per heavy atom. The first-order valence-corrected chi connectivity index (χ1v) is 12.4. The summed E-state index contributed by atoms with van der Waals surface area (Å²) in [7, 11) is 1.66.